The van der Waals surface area contributed by atoms with Gasteiger partial charge in [0.1, 0.15) is 6.04 Å². The SMILES string of the molecule is CN(CCCCCO)C(=O)N1CCC[C@@H]1C(=O)O. The van der Waals surface area contributed by atoms with Crippen molar-refractivity contribution in [2.75, 3.05) is 26.7 Å². The van der Waals surface area contributed by atoms with Crippen LogP contribution in [0, 0.1) is 0 Å². The molecule has 6 nitrogen and oxygen atoms in total. The van der Waals surface area contributed by atoms with Gasteiger partial charge < -0.3 is 20.0 Å². The zero-order chi connectivity index (χ0) is 13.5. The summed E-state index contributed by atoms with van der Waals surface area (Å²) >= 11 is 0. The van der Waals surface area contributed by atoms with Gasteiger partial charge in [-0.05, 0) is 32.1 Å². The number of carboxylic acid groups (broad SMARTS) is 1. The Morgan fingerprint density at radius 3 is 2.67 bits per heavy atom. The molecule has 6 heteroatoms. The Labute approximate surface area is 107 Å². The van der Waals surface area contributed by atoms with Crippen LogP contribution in [-0.4, -0.2) is 64.8 Å². The second kappa shape index (κ2) is 7.20. The number of likely N-dealkylation sites (tertiary alicyclic amines) is 1. The molecule has 0 radical (unpaired) electrons. The van der Waals surface area contributed by atoms with Crippen molar-refractivity contribution >= 4 is 12.0 Å². The van der Waals surface area contributed by atoms with Gasteiger partial charge in [-0.25, -0.2) is 9.59 Å². The van der Waals surface area contributed by atoms with Crippen LogP contribution in [0.25, 0.3) is 0 Å². The van der Waals surface area contributed by atoms with Crippen LogP contribution in [0.4, 0.5) is 4.79 Å². The highest BCUT2D eigenvalue weighted by molar-refractivity contribution is 5.83. The number of aliphatic carboxylic acids is 1. The van der Waals surface area contributed by atoms with Crippen LogP contribution in [0.2, 0.25) is 0 Å². The Hall–Kier alpha value is -1.30. The summed E-state index contributed by atoms with van der Waals surface area (Å²) in [7, 11) is 1.69. The van der Waals surface area contributed by atoms with Gasteiger partial charge in [0, 0.05) is 26.7 Å². The summed E-state index contributed by atoms with van der Waals surface area (Å²) < 4.78 is 0. The van der Waals surface area contributed by atoms with Crippen LogP contribution in [-0.2, 0) is 4.79 Å². The number of nitrogens with zero attached hydrogens (tertiary/aromatic N) is 2. The molecule has 0 aromatic heterocycles. The molecule has 1 saturated heterocycles. The van der Waals surface area contributed by atoms with Gasteiger partial charge in [0.2, 0.25) is 0 Å². The highest BCUT2D eigenvalue weighted by atomic mass is 16.4. The average molecular weight is 258 g/mol. The molecule has 0 aromatic carbocycles. The summed E-state index contributed by atoms with van der Waals surface area (Å²) in [6.07, 6.45) is 3.73. The number of rotatable bonds is 6. The lowest BCUT2D eigenvalue weighted by molar-refractivity contribution is -0.141. The average Bonchev–Trinajstić information content (AvgIpc) is 2.82. The van der Waals surface area contributed by atoms with E-state index in [1.807, 2.05) is 0 Å². The second-order valence-electron chi connectivity index (χ2n) is 4.68. The number of carboxylic acids is 1. The van der Waals surface area contributed by atoms with Gasteiger partial charge in [-0.15, -0.1) is 0 Å². The van der Waals surface area contributed by atoms with E-state index in [2.05, 4.69) is 0 Å². The maximum Gasteiger partial charge on any atom is 0.326 e. The van der Waals surface area contributed by atoms with E-state index in [1.54, 1.807) is 11.9 Å². The van der Waals surface area contributed by atoms with Gasteiger partial charge in [0.25, 0.3) is 0 Å². The fourth-order valence-corrected chi connectivity index (χ4v) is 2.20. The summed E-state index contributed by atoms with van der Waals surface area (Å²) in [6, 6.07) is -0.874. The van der Waals surface area contributed by atoms with Crippen LogP contribution in [0.5, 0.6) is 0 Å². The molecule has 1 aliphatic rings. The van der Waals surface area contributed by atoms with Gasteiger partial charge in [0.15, 0.2) is 0 Å². The first-order valence-corrected chi connectivity index (χ1v) is 6.43. The molecular formula is C12H22N2O4. The molecule has 1 heterocycles. The fraction of sp³-hybridized carbons (Fsp3) is 0.833. The third-order valence-electron chi connectivity index (χ3n) is 3.26. The first-order chi connectivity index (χ1) is 8.57. The van der Waals surface area contributed by atoms with Gasteiger partial charge in [-0.2, -0.15) is 0 Å². The third kappa shape index (κ3) is 3.87. The maximum atomic E-state index is 12.1. The van der Waals surface area contributed by atoms with Crippen LogP contribution < -0.4 is 0 Å². The molecule has 1 rings (SSSR count). The monoisotopic (exact) mass is 258 g/mol. The second-order valence-corrected chi connectivity index (χ2v) is 4.68. The molecule has 0 spiro atoms. The van der Waals surface area contributed by atoms with E-state index in [4.69, 9.17) is 10.2 Å². The van der Waals surface area contributed by atoms with E-state index in [0.717, 1.165) is 25.7 Å². The molecule has 1 aliphatic heterocycles. The number of carbonyl (C=O) groups excluding carboxylic acids is 1. The number of amides is 2. The molecule has 0 aromatic rings. The molecule has 18 heavy (non-hydrogen) atoms. The van der Waals surface area contributed by atoms with E-state index in [-0.39, 0.29) is 12.6 Å². The molecule has 0 saturated carbocycles. The van der Waals surface area contributed by atoms with Crippen molar-refractivity contribution in [3.8, 4) is 0 Å². The highest BCUT2D eigenvalue weighted by Crippen LogP contribution is 2.19. The predicted octanol–water partition coefficient (Wildman–Crippen LogP) is 0.750. The van der Waals surface area contributed by atoms with Crippen LogP contribution in [0.15, 0.2) is 0 Å². The molecule has 0 bridgehead atoms. The van der Waals surface area contributed by atoms with Crippen molar-refractivity contribution in [2.24, 2.45) is 0 Å². The van der Waals surface area contributed by atoms with E-state index >= 15 is 0 Å². The summed E-state index contributed by atoms with van der Waals surface area (Å²) in [5.41, 5.74) is 0. The van der Waals surface area contributed by atoms with E-state index in [9.17, 15) is 9.59 Å². The summed E-state index contributed by atoms with van der Waals surface area (Å²) in [5, 5.41) is 17.7. The minimum Gasteiger partial charge on any atom is -0.480 e. The zero-order valence-corrected chi connectivity index (χ0v) is 10.8. The lowest BCUT2D eigenvalue weighted by Gasteiger charge is -2.27. The first-order valence-electron chi connectivity index (χ1n) is 6.43. The van der Waals surface area contributed by atoms with E-state index in [0.29, 0.717) is 19.5 Å². The summed E-state index contributed by atoms with van der Waals surface area (Å²) in [5.74, 6) is -0.922. The van der Waals surface area contributed by atoms with Crippen molar-refractivity contribution < 1.29 is 19.8 Å². The fourth-order valence-electron chi connectivity index (χ4n) is 2.20. The molecule has 1 fully saturated rings. The molecule has 2 amide bonds. The Kier molecular flexibility index (Phi) is 5.91. The zero-order valence-electron chi connectivity index (χ0n) is 10.8. The Morgan fingerprint density at radius 1 is 1.33 bits per heavy atom. The topological polar surface area (TPSA) is 81.1 Å². The largest absolute Gasteiger partial charge is 0.480 e. The molecular weight excluding hydrogens is 236 g/mol. The quantitative estimate of drug-likeness (QED) is 0.689. The molecule has 1 atom stereocenters. The Balaban J connectivity index is 2.40. The van der Waals surface area contributed by atoms with Crippen molar-refractivity contribution in [1.82, 2.24) is 9.80 Å². The summed E-state index contributed by atoms with van der Waals surface area (Å²) in [4.78, 5) is 26.1. The minimum atomic E-state index is -0.922. The standard InChI is InChI=1S/C12H22N2O4/c1-13(7-3-2-4-9-15)12(18)14-8-5-6-10(14)11(16)17/h10,15H,2-9H2,1H3,(H,16,17)/t10-/m1/s1. The van der Waals surface area contributed by atoms with Crippen molar-refractivity contribution in [1.29, 1.82) is 0 Å². The van der Waals surface area contributed by atoms with E-state index in [1.165, 1.54) is 4.90 Å². The Bertz CT molecular complexity index is 296. The van der Waals surface area contributed by atoms with Crippen LogP contribution in [0.1, 0.15) is 32.1 Å². The first kappa shape index (κ1) is 14.8. The maximum absolute atomic E-state index is 12.1. The van der Waals surface area contributed by atoms with Crippen LogP contribution in [0.3, 0.4) is 0 Å². The molecule has 2 N–H and O–H groups in total. The number of unbranched alkanes of at least 4 members (excludes halogenated alkanes) is 2. The number of hydrogen-bond donors (Lipinski definition) is 2. The molecule has 104 valence electrons. The normalized spacial score (nSPS) is 19.0. The van der Waals surface area contributed by atoms with Crippen molar-refractivity contribution in [3.63, 3.8) is 0 Å². The van der Waals surface area contributed by atoms with Crippen molar-refractivity contribution in [2.45, 2.75) is 38.1 Å². The minimum absolute atomic E-state index is 0.172. The number of aliphatic hydroxyl groups excluding tert-OH is 1. The van der Waals surface area contributed by atoms with Gasteiger partial charge in [-0.3, -0.25) is 0 Å². The number of aliphatic hydroxyl groups is 1. The van der Waals surface area contributed by atoms with Crippen LogP contribution >= 0.6 is 0 Å². The van der Waals surface area contributed by atoms with Gasteiger partial charge in [0.05, 0.1) is 0 Å². The number of carbonyl (C=O) groups is 2. The molecule has 0 aliphatic carbocycles. The molecule has 0 unspecified atom stereocenters. The smallest absolute Gasteiger partial charge is 0.326 e. The van der Waals surface area contributed by atoms with Gasteiger partial charge in [-0.1, -0.05) is 0 Å². The predicted molar refractivity (Wildman–Crippen MR) is 66.3 cm³/mol. The number of urea groups is 1. The lowest BCUT2D eigenvalue weighted by Crippen LogP contribution is -2.46. The van der Waals surface area contributed by atoms with E-state index < -0.39 is 12.0 Å². The number of hydrogen-bond acceptors (Lipinski definition) is 3. The van der Waals surface area contributed by atoms with Gasteiger partial charge >= 0.3 is 12.0 Å². The van der Waals surface area contributed by atoms with Crippen molar-refractivity contribution in [3.05, 3.63) is 0 Å². The summed E-state index contributed by atoms with van der Waals surface area (Å²) in [6.45, 7) is 1.29. The third-order valence-corrected chi connectivity index (χ3v) is 3.26. The highest BCUT2D eigenvalue weighted by Gasteiger charge is 2.35. The lowest BCUT2D eigenvalue weighted by atomic mass is 10.2. The Morgan fingerprint density at radius 2 is 2.06 bits per heavy atom.